The minimum absolute atomic E-state index is 0.00523. The molecule has 1 amide bonds. The van der Waals surface area contributed by atoms with Crippen molar-refractivity contribution in [2.75, 3.05) is 11.4 Å². The molecule has 0 saturated carbocycles. The van der Waals surface area contributed by atoms with E-state index < -0.39 is 27.1 Å². The van der Waals surface area contributed by atoms with Crippen molar-refractivity contribution in [1.29, 1.82) is 0 Å². The Morgan fingerprint density at radius 2 is 2.10 bits per heavy atom. The van der Waals surface area contributed by atoms with E-state index in [0.717, 1.165) is 0 Å². The van der Waals surface area contributed by atoms with Gasteiger partial charge in [0.2, 0.25) is 15.9 Å². The summed E-state index contributed by atoms with van der Waals surface area (Å²) in [5.74, 6) is -1.55. The van der Waals surface area contributed by atoms with Gasteiger partial charge in [0.05, 0.1) is 5.56 Å². The quantitative estimate of drug-likeness (QED) is 0.813. The van der Waals surface area contributed by atoms with Crippen LogP contribution in [-0.4, -0.2) is 37.2 Å². The summed E-state index contributed by atoms with van der Waals surface area (Å²) in [6.45, 7) is -0.0711. The van der Waals surface area contributed by atoms with Gasteiger partial charge >= 0.3 is 5.97 Å². The second kappa shape index (κ2) is 5.15. The van der Waals surface area contributed by atoms with Crippen LogP contribution in [0.15, 0.2) is 22.7 Å². The highest BCUT2D eigenvalue weighted by Gasteiger charge is 2.37. The molecule has 0 aliphatic carbocycles. The number of carbonyl (C=O) groups is 2. The number of nitrogens with zero attached hydrogens (tertiary/aromatic N) is 1. The fraction of sp³-hybridized carbons (Fsp3) is 0.273. The number of primary sulfonamides is 1. The molecule has 0 aromatic heterocycles. The number of anilines is 1. The fourth-order valence-electron chi connectivity index (χ4n) is 1.99. The Morgan fingerprint density at radius 1 is 1.45 bits per heavy atom. The molecule has 1 aromatic carbocycles. The van der Waals surface area contributed by atoms with Crippen LogP contribution in [0.3, 0.4) is 0 Å². The molecule has 1 aliphatic rings. The molecule has 0 bridgehead atoms. The molecular formula is C11H11BrN2O5S. The zero-order valence-electron chi connectivity index (χ0n) is 10.1. The number of halogens is 1. The molecule has 3 N–H and O–H groups in total. The predicted molar refractivity (Wildman–Crippen MR) is 75.0 cm³/mol. The first-order valence-corrected chi connectivity index (χ1v) is 7.95. The van der Waals surface area contributed by atoms with Crippen LogP contribution >= 0.6 is 15.9 Å². The average molecular weight is 363 g/mol. The van der Waals surface area contributed by atoms with Gasteiger partial charge in [0, 0.05) is 23.1 Å². The van der Waals surface area contributed by atoms with Crippen molar-refractivity contribution in [1.82, 2.24) is 0 Å². The zero-order chi connectivity index (χ0) is 15.1. The molecule has 1 saturated heterocycles. The number of carbonyl (C=O) groups excluding carboxylic acids is 1. The molecule has 1 fully saturated rings. The van der Waals surface area contributed by atoms with Crippen molar-refractivity contribution >= 4 is 43.5 Å². The first kappa shape index (κ1) is 14.9. The topological polar surface area (TPSA) is 118 Å². The standard InChI is InChI=1S/C11H11BrN2O5S/c12-9-2-1-6(3-8(9)11(16)17)14-5-7(4-10(14)15)20(13,18)19/h1-3,7H,4-5H2,(H,16,17)(H2,13,18,19). The van der Waals surface area contributed by atoms with Crippen LogP contribution in [0.4, 0.5) is 5.69 Å². The minimum atomic E-state index is -3.80. The van der Waals surface area contributed by atoms with E-state index in [1.165, 1.54) is 17.0 Å². The predicted octanol–water partition coefficient (Wildman–Crippen LogP) is 0.541. The maximum absolute atomic E-state index is 11.8. The highest BCUT2D eigenvalue weighted by atomic mass is 79.9. The molecule has 1 atom stereocenters. The Bertz CT molecular complexity index is 688. The molecular weight excluding hydrogens is 352 g/mol. The molecule has 0 spiro atoms. The van der Waals surface area contributed by atoms with Crippen molar-refractivity contribution in [3.63, 3.8) is 0 Å². The summed E-state index contributed by atoms with van der Waals surface area (Å²) in [6, 6.07) is 4.35. The fourth-order valence-corrected chi connectivity index (χ4v) is 3.14. The molecule has 0 radical (unpaired) electrons. The Balaban J connectivity index is 2.36. The number of amides is 1. The van der Waals surface area contributed by atoms with Crippen molar-refractivity contribution < 1.29 is 23.1 Å². The van der Waals surface area contributed by atoms with E-state index in [-0.39, 0.29) is 18.5 Å². The molecule has 20 heavy (non-hydrogen) atoms. The number of hydrogen-bond acceptors (Lipinski definition) is 4. The first-order valence-electron chi connectivity index (χ1n) is 5.55. The van der Waals surface area contributed by atoms with Gasteiger partial charge in [-0.1, -0.05) is 0 Å². The third-order valence-corrected chi connectivity index (χ3v) is 4.98. The van der Waals surface area contributed by atoms with Crippen molar-refractivity contribution in [3.8, 4) is 0 Å². The summed E-state index contributed by atoms with van der Waals surface area (Å²) in [5, 5.41) is 13.1. The van der Waals surface area contributed by atoms with E-state index in [4.69, 9.17) is 10.2 Å². The van der Waals surface area contributed by atoms with E-state index in [1.54, 1.807) is 6.07 Å². The molecule has 1 aromatic rings. The van der Waals surface area contributed by atoms with E-state index in [9.17, 15) is 18.0 Å². The maximum Gasteiger partial charge on any atom is 0.336 e. The highest BCUT2D eigenvalue weighted by Crippen LogP contribution is 2.28. The molecule has 9 heteroatoms. The van der Waals surface area contributed by atoms with E-state index in [0.29, 0.717) is 10.2 Å². The van der Waals surface area contributed by atoms with Crippen LogP contribution in [-0.2, 0) is 14.8 Å². The highest BCUT2D eigenvalue weighted by molar-refractivity contribution is 9.10. The van der Waals surface area contributed by atoms with Crippen LogP contribution in [0.2, 0.25) is 0 Å². The van der Waals surface area contributed by atoms with Gasteiger partial charge in [-0.05, 0) is 34.1 Å². The van der Waals surface area contributed by atoms with Crippen LogP contribution in [0.25, 0.3) is 0 Å². The second-order valence-electron chi connectivity index (χ2n) is 4.39. The smallest absolute Gasteiger partial charge is 0.336 e. The number of aromatic carboxylic acids is 1. The van der Waals surface area contributed by atoms with Gasteiger partial charge in [-0.15, -0.1) is 0 Å². The van der Waals surface area contributed by atoms with Gasteiger partial charge in [0.15, 0.2) is 0 Å². The van der Waals surface area contributed by atoms with Gasteiger partial charge in [-0.25, -0.2) is 18.4 Å². The average Bonchev–Trinajstić information content (AvgIpc) is 2.71. The number of nitrogens with two attached hydrogens (primary N) is 1. The van der Waals surface area contributed by atoms with Crippen molar-refractivity contribution in [2.24, 2.45) is 5.14 Å². The van der Waals surface area contributed by atoms with E-state index >= 15 is 0 Å². The van der Waals surface area contributed by atoms with Gasteiger partial charge in [0.25, 0.3) is 0 Å². The zero-order valence-corrected chi connectivity index (χ0v) is 12.5. The molecule has 1 aliphatic heterocycles. The molecule has 2 rings (SSSR count). The Kier molecular flexibility index (Phi) is 3.85. The number of sulfonamides is 1. The van der Waals surface area contributed by atoms with Crippen molar-refractivity contribution in [3.05, 3.63) is 28.2 Å². The van der Waals surface area contributed by atoms with Crippen LogP contribution in [0.5, 0.6) is 0 Å². The lowest BCUT2D eigenvalue weighted by Gasteiger charge is -2.17. The summed E-state index contributed by atoms with van der Waals surface area (Å²) in [7, 11) is -3.80. The lowest BCUT2D eigenvalue weighted by atomic mass is 10.2. The number of rotatable bonds is 3. The van der Waals surface area contributed by atoms with Crippen LogP contribution < -0.4 is 10.0 Å². The Morgan fingerprint density at radius 3 is 2.60 bits per heavy atom. The van der Waals surface area contributed by atoms with Gasteiger partial charge < -0.3 is 10.0 Å². The summed E-state index contributed by atoms with van der Waals surface area (Å²) in [6.07, 6.45) is -0.197. The number of benzene rings is 1. The Hall–Kier alpha value is -1.45. The largest absolute Gasteiger partial charge is 0.478 e. The number of carboxylic acids is 1. The van der Waals surface area contributed by atoms with E-state index in [2.05, 4.69) is 15.9 Å². The van der Waals surface area contributed by atoms with Crippen LogP contribution in [0, 0.1) is 0 Å². The summed E-state index contributed by atoms with van der Waals surface area (Å²) < 4.78 is 22.9. The van der Waals surface area contributed by atoms with Crippen molar-refractivity contribution in [2.45, 2.75) is 11.7 Å². The van der Waals surface area contributed by atoms with Crippen LogP contribution in [0.1, 0.15) is 16.8 Å². The second-order valence-corrected chi connectivity index (χ2v) is 7.09. The van der Waals surface area contributed by atoms with Gasteiger partial charge in [0.1, 0.15) is 5.25 Å². The SMILES string of the molecule is NS(=O)(=O)C1CC(=O)N(c2ccc(Br)c(C(=O)O)c2)C1. The molecule has 108 valence electrons. The normalized spacial score (nSPS) is 19.4. The molecule has 1 heterocycles. The lowest BCUT2D eigenvalue weighted by molar-refractivity contribution is -0.117. The third-order valence-electron chi connectivity index (χ3n) is 3.05. The summed E-state index contributed by atoms with van der Waals surface area (Å²) in [5.41, 5.74) is 0.330. The molecule has 1 unspecified atom stereocenters. The maximum atomic E-state index is 11.8. The van der Waals surface area contributed by atoms with E-state index in [1.807, 2.05) is 0 Å². The van der Waals surface area contributed by atoms with Gasteiger partial charge in [-0.2, -0.15) is 0 Å². The summed E-state index contributed by atoms with van der Waals surface area (Å²) >= 11 is 3.10. The molecule has 7 nitrogen and oxygen atoms in total. The number of hydrogen-bond donors (Lipinski definition) is 2. The lowest BCUT2D eigenvalue weighted by Crippen LogP contribution is -2.32. The van der Waals surface area contributed by atoms with Gasteiger partial charge in [-0.3, -0.25) is 4.79 Å². The number of carboxylic acid groups (broad SMARTS) is 1. The third kappa shape index (κ3) is 2.84. The first-order chi connectivity index (χ1) is 9.20. The summed E-state index contributed by atoms with van der Waals surface area (Å²) in [4.78, 5) is 24.1. The monoisotopic (exact) mass is 362 g/mol. The Labute approximate surface area is 123 Å². The minimum Gasteiger partial charge on any atom is -0.478 e.